The summed E-state index contributed by atoms with van der Waals surface area (Å²) < 4.78 is 10.2. The number of aromatic nitrogens is 1. The average molecular weight is 219 g/mol. The molecule has 1 aromatic carbocycles. The maximum Gasteiger partial charge on any atom is 0.223 e. The summed E-state index contributed by atoms with van der Waals surface area (Å²) in [6, 6.07) is 7.49. The standard InChI is InChI=1S/C12H13NO3/c1-8(14)12-13-11(7-16-12)9-3-5-10(15-2)6-4-9/h3-8,14H,1-2H3/t8-/m0/s1. The van der Waals surface area contributed by atoms with Crippen LogP contribution in [0.15, 0.2) is 34.9 Å². The Morgan fingerprint density at radius 1 is 1.31 bits per heavy atom. The van der Waals surface area contributed by atoms with Gasteiger partial charge in [0.1, 0.15) is 23.8 Å². The zero-order chi connectivity index (χ0) is 11.5. The quantitative estimate of drug-likeness (QED) is 0.861. The van der Waals surface area contributed by atoms with Crippen LogP contribution in [-0.4, -0.2) is 17.2 Å². The van der Waals surface area contributed by atoms with Gasteiger partial charge in [0, 0.05) is 5.56 Å². The molecule has 0 aliphatic rings. The monoisotopic (exact) mass is 219 g/mol. The summed E-state index contributed by atoms with van der Waals surface area (Å²) in [6.07, 6.45) is 0.844. The molecule has 0 aliphatic carbocycles. The van der Waals surface area contributed by atoms with E-state index < -0.39 is 6.10 Å². The molecule has 1 atom stereocenters. The molecular weight excluding hydrogens is 206 g/mol. The lowest BCUT2D eigenvalue weighted by Crippen LogP contribution is -1.90. The molecule has 4 nitrogen and oxygen atoms in total. The van der Waals surface area contributed by atoms with Crippen molar-refractivity contribution >= 4 is 0 Å². The highest BCUT2D eigenvalue weighted by atomic mass is 16.5. The van der Waals surface area contributed by atoms with Gasteiger partial charge in [0.2, 0.25) is 5.89 Å². The third-order valence-corrected chi connectivity index (χ3v) is 2.27. The first-order valence-corrected chi connectivity index (χ1v) is 4.98. The number of aliphatic hydroxyl groups is 1. The van der Waals surface area contributed by atoms with Crippen LogP contribution in [0.5, 0.6) is 5.75 Å². The zero-order valence-electron chi connectivity index (χ0n) is 9.18. The molecule has 0 amide bonds. The van der Waals surface area contributed by atoms with Crippen LogP contribution in [-0.2, 0) is 0 Å². The number of hydrogen-bond acceptors (Lipinski definition) is 4. The Labute approximate surface area is 93.5 Å². The van der Waals surface area contributed by atoms with Crippen molar-refractivity contribution in [2.75, 3.05) is 7.11 Å². The number of rotatable bonds is 3. The normalized spacial score (nSPS) is 12.4. The summed E-state index contributed by atoms with van der Waals surface area (Å²) in [4.78, 5) is 4.18. The molecule has 0 radical (unpaired) electrons. The van der Waals surface area contributed by atoms with Crippen LogP contribution < -0.4 is 4.74 Å². The second-order valence-electron chi connectivity index (χ2n) is 3.48. The van der Waals surface area contributed by atoms with Crippen molar-refractivity contribution in [2.24, 2.45) is 0 Å². The summed E-state index contributed by atoms with van der Waals surface area (Å²) in [6.45, 7) is 1.61. The van der Waals surface area contributed by atoms with E-state index in [1.54, 1.807) is 14.0 Å². The van der Waals surface area contributed by atoms with Crippen molar-refractivity contribution in [1.29, 1.82) is 0 Å². The first kappa shape index (κ1) is 10.7. The molecule has 4 heteroatoms. The average Bonchev–Trinajstić information content (AvgIpc) is 2.78. The molecule has 0 fully saturated rings. The number of ether oxygens (including phenoxy) is 1. The Bertz CT molecular complexity index is 459. The van der Waals surface area contributed by atoms with Gasteiger partial charge in [-0.2, -0.15) is 0 Å². The fourth-order valence-electron chi connectivity index (χ4n) is 1.37. The largest absolute Gasteiger partial charge is 0.497 e. The van der Waals surface area contributed by atoms with Gasteiger partial charge in [-0.05, 0) is 31.2 Å². The maximum absolute atomic E-state index is 9.29. The van der Waals surface area contributed by atoms with Crippen LogP contribution in [0.2, 0.25) is 0 Å². The Hall–Kier alpha value is -1.81. The van der Waals surface area contributed by atoms with Crippen LogP contribution in [0.4, 0.5) is 0 Å². The van der Waals surface area contributed by atoms with E-state index in [1.165, 1.54) is 6.26 Å². The summed E-state index contributed by atoms with van der Waals surface area (Å²) in [5, 5.41) is 9.29. The third-order valence-electron chi connectivity index (χ3n) is 2.27. The fraction of sp³-hybridized carbons (Fsp3) is 0.250. The summed E-state index contributed by atoms with van der Waals surface area (Å²) in [7, 11) is 1.62. The minimum Gasteiger partial charge on any atom is -0.497 e. The second kappa shape index (κ2) is 4.37. The number of oxazole rings is 1. The lowest BCUT2D eigenvalue weighted by molar-refractivity contribution is 0.163. The van der Waals surface area contributed by atoms with Gasteiger partial charge in [-0.25, -0.2) is 4.98 Å². The van der Waals surface area contributed by atoms with E-state index in [1.807, 2.05) is 24.3 Å². The van der Waals surface area contributed by atoms with Gasteiger partial charge < -0.3 is 14.3 Å². The van der Waals surface area contributed by atoms with E-state index in [4.69, 9.17) is 9.15 Å². The van der Waals surface area contributed by atoms with Crippen molar-refractivity contribution in [1.82, 2.24) is 4.98 Å². The predicted octanol–water partition coefficient (Wildman–Crippen LogP) is 2.40. The zero-order valence-corrected chi connectivity index (χ0v) is 9.18. The van der Waals surface area contributed by atoms with Gasteiger partial charge in [0.15, 0.2) is 0 Å². The number of benzene rings is 1. The Kier molecular flexibility index (Phi) is 2.92. The molecule has 0 bridgehead atoms. The van der Waals surface area contributed by atoms with Crippen molar-refractivity contribution in [2.45, 2.75) is 13.0 Å². The van der Waals surface area contributed by atoms with Gasteiger partial charge in [-0.3, -0.25) is 0 Å². The van der Waals surface area contributed by atoms with Crippen LogP contribution in [0.25, 0.3) is 11.3 Å². The summed E-state index contributed by atoms with van der Waals surface area (Å²) in [5.74, 6) is 1.12. The van der Waals surface area contributed by atoms with Crippen LogP contribution in [0, 0.1) is 0 Å². The van der Waals surface area contributed by atoms with Crippen molar-refractivity contribution in [3.63, 3.8) is 0 Å². The highest BCUT2D eigenvalue weighted by Gasteiger charge is 2.10. The van der Waals surface area contributed by atoms with Crippen LogP contribution in [0.3, 0.4) is 0 Å². The molecule has 2 rings (SSSR count). The Morgan fingerprint density at radius 3 is 2.50 bits per heavy atom. The minimum absolute atomic E-state index is 0.325. The highest BCUT2D eigenvalue weighted by Crippen LogP contribution is 2.23. The molecule has 1 heterocycles. The molecule has 0 unspecified atom stereocenters. The van der Waals surface area contributed by atoms with Crippen molar-refractivity contribution < 1.29 is 14.3 Å². The Morgan fingerprint density at radius 2 is 2.00 bits per heavy atom. The van der Waals surface area contributed by atoms with Crippen molar-refractivity contribution in [3.05, 3.63) is 36.4 Å². The Balaban J connectivity index is 2.28. The lowest BCUT2D eigenvalue weighted by atomic mass is 10.2. The summed E-state index contributed by atoms with van der Waals surface area (Å²) in [5.41, 5.74) is 1.63. The first-order chi connectivity index (χ1) is 7.70. The summed E-state index contributed by atoms with van der Waals surface area (Å²) >= 11 is 0. The van der Waals surface area contributed by atoms with Crippen LogP contribution in [0.1, 0.15) is 18.9 Å². The molecule has 2 aromatic rings. The third kappa shape index (κ3) is 2.06. The fourth-order valence-corrected chi connectivity index (χ4v) is 1.37. The maximum atomic E-state index is 9.29. The molecule has 0 saturated carbocycles. The van der Waals surface area contributed by atoms with E-state index >= 15 is 0 Å². The minimum atomic E-state index is -0.688. The van der Waals surface area contributed by atoms with E-state index in [0.29, 0.717) is 11.6 Å². The van der Waals surface area contributed by atoms with E-state index in [2.05, 4.69) is 4.98 Å². The predicted molar refractivity (Wildman–Crippen MR) is 59.1 cm³/mol. The van der Waals surface area contributed by atoms with Crippen LogP contribution >= 0.6 is 0 Å². The number of nitrogens with zero attached hydrogens (tertiary/aromatic N) is 1. The molecule has 84 valence electrons. The van der Waals surface area contributed by atoms with Gasteiger partial charge in [-0.15, -0.1) is 0 Å². The number of hydrogen-bond donors (Lipinski definition) is 1. The van der Waals surface area contributed by atoms with Gasteiger partial charge in [0.25, 0.3) is 0 Å². The van der Waals surface area contributed by atoms with E-state index in [0.717, 1.165) is 11.3 Å². The number of methoxy groups -OCH3 is 1. The van der Waals surface area contributed by atoms with Gasteiger partial charge in [0.05, 0.1) is 7.11 Å². The smallest absolute Gasteiger partial charge is 0.223 e. The molecule has 1 N–H and O–H groups in total. The SMILES string of the molecule is COc1ccc(-c2coc([C@H](C)O)n2)cc1. The molecule has 1 aromatic heterocycles. The lowest BCUT2D eigenvalue weighted by Gasteiger charge is -2.00. The second-order valence-corrected chi connectivity index (χ2v) is 3.48. The molecular formula is C12H13NO3. The van der Waals surface area contributed by atoms with Gasteiger partial charge >= 0.3 is 0 Å². The van der Waals surface area contributed by atoms with E-state index in [9.17, 15) is 5.11 Å². The number of aliphatic hydroxyl groups excluding tert-OH is 1. The first-order valence-electron chi connectivity index (χ1n) is 4.98. The molecule has 0 saturated heterocycles. The molecule has 0 spiro atoms. The molecule has 16 heavy (non-hydrogen) atoms. The highest BCUT2D eigenvalue weighted by molar-refractivity contribution is 5.58. The van der Waals surface area contributed by atoms with Crippen molar-refractivity contribution in [3.8, 4) is 17.0 Å². The topological polar surface area (TPSA) is 55.5 Å². The van der Waals surface area contributed by atoms with Gasteiger partial charge in [-0.1, -0.05) is 0 Å². The molecule has 0 aliphatic heterocycles. The van der Waals surface area contributed by atoms with E-state index in [-0.39, 0.29) is 0 Å².